The highest BCUT2D eigenvalue weighted by Gasteiger charge is 2.11. The quantitative estimate of drug-likeness (QED) is 0.744. The normalized spacial score (nSPS) is 10.9. The summed E-state index contributed by atoms with van der Waals surface area (Å²) in [6.45, 7) is 1.99. The summed E-state index contributed by atoms with van der Waals surface area (Å²) in [5, 5.41) is 1.91. The van der Waals surface area contributed by atoms with Gasteiger partial charge >= 0.3 is 0 Å². The van der Waals surface area contributed by atoms with Crippen molar-refractivity contribution in [2.24, 2.45) is 0 Å². The Balaban J connectivity index is 1.83. The van der Waals surface area contributed by atoms with Crippen molar-refractivity contribution in [1.82, 2.24) is 9.55 Å². The molecule has 0 amide bonds. The predicted molar refractivity (Wildman–Crippen MR) is 83.8 cm³/mol. The maximum atomic E-state index is 12.3. The molecule has 5 heteroatoms. The molecule has 0 radical (unpaired) electrons. The molecule has 0 aliphatic heterocycles. The summed E-state index contributed by atoms with van der Waals surface area (Å²) in [5.41, 5.74) is 2.54. The Hall–Kier alpha value is -2.27. The molecule has 0 bridgehead atoms. The Bertz CT molecular complexity index is 850. The smallest absolute Gasteiger partial charge is 0.271 e. The predicted octanol–water partition coefficient (Wildman–Crippen LogP) is 2.58. The molecule has 21 heavy (non-hydrogen) atoms. The van der Waals surface area contributed by atoms with Crippen LogP contribution in [-0.4, -0.2) is 15.3 Å². The van der Waals surface area contributed by atoms with Crippen LogP contribution in [0.3, 0.4) is 0 Å². The van der Waals surface area contributed by atoms with Gasteiger partial charge in [-0.25, -0.2) is 4.98 Å². The molecule has 0 saturated carbocycles. The fraction of sp³-hybridized carbons (Fsp3) is 0.188. The number of carbonyl (C=O) groups is 1. The molecule has 106 valence electrons. The van der Waals surface area contributed by atoms with E-state index in [2.05, 4.69) is 4.98 Å². The highest BCUT2D eigenvalue weighted by atomic mass is 32.1. The summed E-state index contributed by atoms with van der Waals surface area (Å²) in [7, 11) is 0. The van der Waals surface area contributed by atoms with E-state index in [0.29, 0.717) is 11.1 Å². The van der Waals surface area contributed by atoms with Crippen LogP contribution in [0, 0.1) is 6.92 Å². The zero-order chi connectivity index (χ0) is 14.8. The number of carbonyl (C=O) groups excluding carboxylic acids is 1. The maximum Gasteiger partial charge on any atom is 0.271 e. The zero-order valence-electron chi connectivity index (χ0n) is 11.6. The van der Waals surface area contributed by atoms with Crippen molar-refractivity contribution < 1.29 is 4.79 Å². The maximum absolute atomic E-state index is 12.3. The molecule has 1 aromatic carbocycles. The van der Waals surface area contributed by atoms with Crippen LogP contribution in [0.25, 0.3) is 10.2 Å². The number of rotatable bonds is 4. The Kier molecular flexibility index (Phi) is 3.66. The number of thiophene rings is 1. The van der Waals surface area contributed by atoms with Gasteiger partial charge in [0.2, 0.25) is 0 Å². The highest BCUT2D eigenvalue weighted by molar-refractivity contribution is 7.17. The standard InChI is InChI=1S/C16H14N2O2S/c1-11-9-21-15-14(11)17-10-18(16(15)20)8-13(19)7-12-5-3-2-4-6-12/h2-6,9-10H,7-8H2,1H3. The average Bonchev–Trinajstić information content (AvgIpc) is 2.85. The van der Waals surface area contributed by atoms with E-state index in [1.165, 1.54) is 22.2 Å². The van der Waals surface area contributed by atoms with E-state index in [4.69, 9.17) is 0 Å². The summed E-state index contributed by atoms with van der Waals surface area (Å²) in [4.78, 5) is 28.7. The van der Waals surface area contributed by atoms with Crippen LogP contribution in [0.5, 0.6) is 0 Å². The molecule has 0 spiro atoms. The van der Waals surface area contributed by atoms with Crippen molar-refractivity contribution in [3.05, 3.63) is 63.5 Å². The SMILES string of the molecule is Cc1csc2c(=O)n(CC(=O)Cc3ccccc3)cnc12. The number of hydrogen-bond donors (Lipinski definition) is 0. The van der Waals surface area contributed by atoms with Gasteiger partial charge in [-0.3, -0.25) is 14.2 Å². The van der Waals surface area contributed by atoms with Crippen LogP contribution in [0.15, 0.2) is 46.8 Å². The minimum absolute atomic E-state index is 0.00210. The van der Waals surface area contributed by atoms with Crippen molar-refractivity contribution in [2.75, 3.05) is 0 Å². The minimum Gasteiger partial charge on any atom is -0.297 e. The Labute approximate surface area is 125 Å². The molecule has 0 N–H and O–H groups in total. The second-order valence-corrected chi connectivity index (χ2v) is 5.85. The number of benzene rings is 1. The van der Waals surface area contributed by atoms with Crippen LogP contribution in [0.4, 0.5) is 0 Å². The van der Waals surface area contributed by atoms with Crippen molar-refractivity contribution >= 4 is 27.3 Å². The van der Waals surface area contributed by atoms with Crippen LogP contribution in [0.1, 0.15) is 11.1 Å². The van der Waals surface area contributed by atoms with E-state index >= 15 is 0 Å². The second kappa shape index (κ2) is 5.61. The van der Waals surface area contributed by atoms with Gasteiger partial charge in [-0.2, -0.15) is 0 Å². The van der Waals surface area contributed by atoms with Crippen LogP contribution >= 0.6 is 11.3 Å². The van der Waals surface area contributed by atoms with Crippen LogP contribution in [-0.2, 0) is 17.8 Å². The van der Waals surface area contributed by atoms with Crippen molar-refractivity contribution in [1.29, 1.82) is 0 Å². The summed E-state index contributed by atoms with van der Waals surface area (Å²) in [5.74, 6) is -0.00210. The molecule has 2 heterocycles. The summed E-state index contributed by atoms with van der Waals surface area (Å²) in [6.07, 6.45) is 1.79. The lowest BCUT2D eigenvalue weighted by Crippen LogP contribution is -2.24. The lowest BCUT2D eigenvalue weighted by atomic mass is 10.1. The molecule has 2 aromatic heterocycles. The first kappa shape index (κ1) is 13.7. The van der Waals surface area contributed by atoms with Gasteiger partial charge in [0.15, 0.2) is 5.78 Å². The first-order valence-corrected chi connectivity index (χ1v) is 7.52. The lowest BCUT2D eigenvalue weighted by Gasteiger charge is -2.05. The molecule has 0 unspecified atom stereocenters. The number of aryl methyl sites for hydroxylation is 1. The van der Waals surface area contributed by atoms with Crippen molar-refractivity contribution in [3.8, 4) is 0 Å². The van der Waals surface area contributed by atoms with E-state index in [-0.39, 0.29) is 17.9 Å². The molecular weight excluding hydrogens is 284 g/mol. The van der Waals surface area contributed by atoms with Crippen LogP contribution in [0.2, 0.25) is 0 Å². The van der Waals surface area contributed by atoms with E-state index in [1.807, 2.05) is 42.6 Å². The topological polar surface area (TPSA) is 52.0 Å². The number of hydrogen-bond acceptors (Lipinski definition) is 4. The number of nitrogens with zero attached hydrogens (tertiary/aromatic N) is 2. The van der Waals surface area contributed by atoms with E-state index in [1.54, 1.807) is 0 Å². The largest absolute Gasteiger partial charge is 0.297 e. The average molecular weight is 298 g/mol. The van der Waals surface area contributed by atoms with Crippen LogP contribution < -0.4 is 5.56 Å². The molecule has 3 rings (SSSR count). The minimum atomic E-state index is -0.139. The van der Waals surface area contributed by atoms with E-state index in [0.717, 1.165) is 16.6 Å². The monoisotopic (exact) mass is 298 g/mol. The fourth-order valence-corrected chi connectivity index (χ4v) is 3.19. The Morgan fingerprint density at radius 1 is 1.29 bits per heavy atom. The van der Waals surface area contributed by atoms with Gasteiger partial charge in [0.05, 0.1) is 18.4 Å². The summed E-state index contributed by atoms with van der Waals surface area (Å²) < 4.78 is 2.01. The third-order valence-corrected chi connectivity index (χ3v) is 4.39. The third kappa shape index (κ3) is 2.78. The van der Waals surface area contributed by atoms with E-state index < -0.39 is 0 Å². The van der Waals surface area contributed by atoms with Gasteiger partial charge in [-0.05, 0) is 23.4 Å². The molecular formula is C16H14N2O2S. The number of Topliss-reactive ketones (excluding diaryl/α,β-unsaturated/α-hetero) is 1. The van der Waals surface area contributed by atoms with Crippen molar-refractivity contribution in [3.63, 3.8) is 0 Å². The zero-order valence-corrected chi connectivity index (χ0v) is 12.4. The van der Waals surface area contributed by atoms with Gasteiger partial charge in [-0.15, -0.1) is 11.3 Å². The van der Waals surface area contributed by atoms with Gasteiger partial charge in [0.1, 0.15) is 4.70 Å². The highest BCUT2D eigenvalue weighted by Crippen LogP contribution is 2.19. The molecule has 0 aliphatic rings. The summed E-state index contributed by atoms with van der Waals surface area (Å²) in [6, 6.07) is 9.53. The molecule has 3 aromatic rings. The Morgan fingerprint density at radius 3 is 2.81 bits per heavy atom. The van der Waals surface area contributed by atoms with Crippen molar-refractivity contribution in [2.45, 2.75) is 19.9 Å². The molecule has 0 aliphatic carbocycles. The van der Waals surface area contributed by atoms with Gasteiger partial charge in [0, 0.05) is 6.42 Å². The lowest BCUT2D eigenvalue weighted by molar-refractivity contribution is -0.119. The number of ketones is 1. The first-order chi connectivity index (χ1) is 10.1. The number of fused-ring (bicyclic) bond motifs is 1. The first-order valence-electron chi connectivity index (χ1n) is 6.64. The fourth-order valence-electron chi connectivity index (χ4n) is 2.24. The van der Waals surface area contributed by atoms with Gasteiger partial charge < -0.3 is 0 Å². The van der Waals surface area contributed by atoms with Gasteiger partial charge in [0.25, 0.3) is 5.56 Å². The number of aromatic nitrogens is 2. The second-order valence-electron chi connectivity index (χ2n) is 4.98. The Morgan fingerprint density at radius 2 is 2.05 bits per heavy atom. The third-order valence-electron chi connectivity index (χ3n) is 3.31. The summed E-state index contributed by atoms with van der Waals surface area (Å²) >= 11 is 1.38. The van der Waals surface area contributed by atoms with E-state index in [9.17, 15) is 9.59 Å². The molecule has 0 saturated heterocycles. The molecule has 0 atom stereocenters. The molecule has 4 nitrogen and oxygen atoms in total. The van der Waals surface area contributed by atoms with Gasteiger partial charge in [-0.1, -0.05) is 30.3 Å². The molecule has 0 fully saturated rings.